The number of hydrogen-bond donors (Lipinski definition) is 1. The maximum Gasteiger partial charge on any atom is 0.228 e. The summed E-state index contributed by atoms with van der Waals surface area (Å²) in [7, 11) is 0. The molecule has 0 saturated carbocycles. The lowest BCUT2D eigenvalue weighted by atomic mass is 9.85. The van der Waals surface area contributed by atoms with Crippen LogP contribution in [0.4, 0.5) is 0 Å². The molecule has 0 spiro atoms. The van der Waals surface area contributed by atoms with Gasteiger partial charge in [0.25, 0.3) is 0 Å². The molecule has 19 heavy (non-hydrogen) atoms. The quantitative estimate of drug-likeness (QED) is 0.817. The maximum absolute atomic E-state index is 6.12. The van der Waals surface area contributed by atoms with Crippen molar-refractivity contribution in [1.82, 2.24) is 15.0 Å². The Bertz CT molecular complexity index is 366. The van der Waals surface area contributed by atoms with Gasteiger partial charge in [0, 0.05) is 25.4 Å². The molecule has 1 aromatic heterocycles. The van der Waals surface area contributed by atoms with E-state index in [1.165, 1.54) is 0 Å². The lowest BCUT2D eigenvalue weighted by Crippen LogP contribution is -2.37. The lowest BCUT2D eigenvalue weighted by Gasteiger charge is -2.25. The molecular formula is C14H28N4O. The smallest absolute Gasteiger partial charge is 0.228 e. The summed E-state index contributed by atoms with van der Waals surface area (Å²) in [6.07, 6.45) is 1.47. The predicted octanol–water partition coefficient (Wildman–Crippen LogP) is 1.87. The van der Waals surface area contributed by atoms with Crippen molar-refractivity contribution in [3.05, 3.63) is 11.7 Å². The average Bonchev–Trinajstić information content (AvgIpc) is 2.77. The molecule has 0 aliphatic rings. The molecule has 0 saturated heterocycles. The Labute approximate surface area is 116 Å². The van der Waals surface area contributed by atoms with E-state index in [-0.39, 0.29) is 11.5 Å². The Kier molecular flexibility index (Phi) is 5.94. The Morgan fingerprint density at radius 1 is 1.26 bits per heavy atom. The number of nitrogens with two attached hydrogens (primary N) is 1. The van der Waals surface area contributed by atoms with E-state index in [9.17, 15) is 0 Å². The van der Waals surface area contributed by atoms with Crippen molar-refractivity contribution >= 4 is 0 Å². The van der Waals surface area contributed by atoms with Crippen LogP contribution in [0.25, 0.3) is 0 Å². The fourth-order valence-electron chi connectivity index (χ4n) is 1.77. The van der Waals surface area contributed by atoms with Gasteiger partial charge in [0.05, 0.1) is 0 Å². The Balaban J connectivity index is 2.48. The second-order valence-electron chi connectivity index (χ2n) is 6.06. The first-order chi connectivity index (χ1) is 8.86. The zero-order valence-electron chi connectivity index (χ0n) is 12.9. The molecule has 1 heterocycles. The van der Waals surface area contributed by atoms with Gasteiger partial charge in [-0.05, 0) is 18.5 Å². The largest absolute Gasteiger partial charge is 0.339 e. The van der Waals surface area contributed by atoms with Gasteiger partial charge < -0.3 is 15.2 Å². The van der Waals surface area contributed by atoms with Crippen LogP contribution in [0.5, 0.6) is 0 Å². The van der Waals surface area contributed by atoms with Gasteiger partial charge in [-0.15, -0.1) is 0 Å². The first kappa shape index (κ1) is 16.1. The fourth-order valence-corrected chi connectivity index (χ4v) is 1.77. The standard InChI is InChI=1S/C14H28N4O/c1-6-18(7-2)9-8-12-16-13(19-17-12)10-11(15)14(3,4)5/h11H,6-10,15H2,1-5H3. The van der Waals surface area contributed by atoms with Gasteiger partial charge in [0.1, 0.15) is 0 Å². The van der Waals surface area contributed by atoms with Gasteiger partial charge in [0.15, 0.2) is 5.82 Å². The number of hydrogen-bond acceptors (Lipinski definition) is 5. The molecular weight excluding hydrogens is 240 g/mol. The molecule has 0 aliphatic heterocycles. The first-order valence-corrected chi connectivity index (χ1v) is 7.16. The summed E-state index contributed by atoms with van der Waals surface area (Å²) in [5.74, 6) is 1.43. The molecule has 0 aromatic carbocycles. The van der Waals surface area contributed by atoms with Crippen LogP contribution in [-0.4, -0.2) is 40.7 Å². The molecule has 0 aliphatic carbocycles. The minimum atomic E-state index is 0.0311. The van der Waals surface area contributed by atoms with E-state index in [1.54, 1.807) is 0 Å². The highest BCUT2D eigenvalue weighted by atomic mass is 16.5. The molecule has 0 amide bonds. The van der Waals surface area contributed by atoms with Crippen LogP contribution in [0.15, 0.2) is 4.52 Å². The van der Waals surface area contributed by atoms with Crippen molar-refractivity contribution in [1.29, 1.82) is 0 Å². The van der Waals surface area contributed by atoms with E-state index in [1.807, 2.05) is 0 Å². The second-order valence-corrected chi connectivity index (χ2v) is 6.06. The van der Waals surface area contributed by atoms with E-state index in [0.717, 1.165) is 31.9 Å². The summed E-state index contributed by atoms with van der Waals surface area (Å²) in [6.45, 7) is 13.8. The Morgan fingerprint density at radius 2 is 1.89 bits per heavy atom. The average molecular weight is 268 g/mol. The van der Waals surface area contributed by atoms with Gasteiger partial charge in [-0.3, -0.25) is 0 Å². The van der Waals surface area contributed by atoms with Gasteiger partial charge in [-0.1, -0.05) is 39.8 Å². The molecule has 0 radical (unpaired) electrons. The van der Waals surface area contributed by atoms with Crippen molar-refractivity contribution in [3.8, 4) is 0 Å². The van der Waals surface area contributed by atoms with Gasteiger partial charge in [-0.25, -0.2) is 0 Å². The summed E-state index contributed by atoms with van der Waals surface area (Å²) in [6, 6.07) is 0.0311. The van der Waals surface area contributed by atoms with Crippen molar-refractivity contribution in [2.24, 2.45) is 11.1 Å². The minimum absolute atomic E-state index is 0.0311. The zero-order chi connectivity index (χ0) is 14.5. The van der Waals surface area contributed by atoms with Crippen molar-refractivity contribution in [3.63, 3.8) is 0 Å². The monoisotopic (exact) mass is 268 g/mol. The summed E-state index contributed by atoms with van der Waals surface area (Å²) in [4.78, 5) is 6.76. The molecule has 0 fully saturated rings. The van der Waals surface area contributed by atoms with Crippen LogP contribution >= 0.6 is 0 Å². The molecule has 110 valence electrons. The lowest BCUT2D eigenvalue weighted by molar-refractivity contribution is 0.284. The summed E-state index contributed by atoms with van der Waals surface area (Å²) in [5.41, 5.74) is 6.17. The third-order valence-electron chi connectivity index (χ3n) is 3.56. The van der Waals surface area contributed by atoms with E-state index < -0.39 is 0 Å². The molecule has 0 bridgehead atoms. The normalized spacial score (nSPS) is 14.1. The van der Waals surface area contributed by atoms with Gasteiger partial charge in [0.2, 0.25) is 5.89 Å². The molecule has 1 unspecified atom stereocenters. The van der Waals surface area contributed by atoms with E-state index in [2.05, 4.69) is 49.7 Å². The topological polar surface area (TPSA) is 68.2 Å². The van der Waals surface area contributed by atoms with Gasteiger partial charge in [-0.2, -0.15) is 4.98 Å². The van der Waals surface area contributed by atoms with E-state index in [0.29, 0.717) is 12.3 Å². The Hall–Kier alpha value is -0.940. The third kappa shape index (κ3) is 5.28. The maximum atomic E-state index is 6.12. The van der Waals surface area contributed by atoms with Crippen molar-refractivity contribution < 1.29 is 4.52 Å². The van der Waals surface area contributed by atoms with Crippen LogP contribution in [0.1, 0.15) is 46.3 Å². The van der Waals surface area contributed by atoms with E-state index in [4.69, 9.17) is 10.3 Å². The summed E-state index contributed by atoms with van der Waals surface area (Å²) < 4.78 is 5.27. The summed E-state index contributed by atoms with van der Waals surface area (Å²) >= 11 is 0. The zero-order valence-corrected chi connectivity index (χ0v) is 12.9. The SMILES string of the molecule is CCN(CC)CCc1noc(CC(N)C(C)(C)C)n1. The molecule has 2 N–H and O–H groups in total. The van der Waals surface area contributed by atoms with Crippen molar-refractivity contribution in [2.75, 3.05) is 19.6 Å². The number of rotatable bonds is 7. The third-order valence-corrected chi connectivity index (χ3v) is 3.56. The number of nitrogens with zero attached hydrogens (tertiary/aromatic N) is 3. The van der Waals surface area contributed by atoms with Crippen LogP contribution in [0, 0.1) is 5.41 Å². The highest BCUT2D eigenvalue weighted by molar-refractivity contribution is 4.92. The fraction of sp³-hybridized carbons (Fsp3) is 0.857. The molecule has 5 nitrogen and oxygen atoms in total. The van der Waals surface area contributed by atoms with Crippen LogP contribution in [0.3, 0.4) is 0 Å². The van der Waals surface area contributed by atoms with Crippen LogP contribution < -0.4 is 5.73 Å². The van der Waals surface area contributed by atoms with Crippen LogP contribution in [0.2, 0.25) is 0 Å². The van der Waals surface area contributed by atoms with E-state index >= 15 is 0 Å². The minimum Gasteiger partial charge on any atom is -0.339 e. The molecule has 1 aromatic rings. The molecule has 1 atom stereocenters. The van der Waals surface area contributed by atoms with Crippen LogP contribution in [-0.2, 0) is 12.8 Å². The number of likely N-dealkylation sites (N-methyl/N-ethyl adjacent to an activating group) is 1. The number of aromatic nitrogens is 2. The highest BCUT2D eigenvalue weighted by Gasteiger charge is 2.23. The second kappa shape index (κ2) is 7.01. The Morgan fingerprint density at radius 3 is 2.42 bits per heavy atom. The summed E-state index contributed by atoms with van der Waals surface area (Å²) in [5, 5.41) is 4.02. The predicted molar refractivity (Wildman–Crippen MR) is 76.9 cm³/mol. The molecule has 1 rings (SSSR count). The van der Waals surface area contributed by atoms with Crippen molar-refractivity contribution in [2.45, 2.75) is 53.5 Å². The van der Waals surface area contributed by atoms with Gasteiger partial charge >= 0.3 is 0 Å². The molecule has 5 heteroatoms. The first-order valence-electron chi connectivity index (χ1n) is 7.16. The highest BCUT2D eigenvalue weighted by Crippen LogP contribution is 2.20.